The van der Waals surface area contributed by atoms with Crippen molar-refractivity contribution in [1.82, 2.24) is 0 Å². The molecule has 0 aliphatic rings. The van der Waals surface area contributed by atoms with Crippen LogP contribution in [-0.2, 0) is 6.42 Å². The van der Waals surface area contributed by atoms with Crippen LogP contribution in [0.1, 0.15) is 34.7 Å². The van der Waals surface area contributed by atoms with Crippen LogP contribution in [0, 0.1) is 27.7 Å². The van der Waals surface area contributed by atoms with E-state index in [0.717, 1.165) is 23.5 Å². The largest absolute Gasteiger partial charge is 0.457 e. The van der Waals surface area contributed by atoms with Gasteiger partial charge in [-0.25, -0.2) is 0 Å². The molecule has 0 heterocycles. The summed E-state index contributed by atoms with van der Waals surface area (Å²) in [7, 11) is 0. The molecule has 1 unspecified atom stereocenters. The van der Waals surface area contributed by atoms with Crippen molar-refractivity contribution >= 4 is 0 Å². The molecular formula is C19H25NO. The Hall–Kier alpha value is -1.80. The third-order valence-electron chi connectivity index (χ3n) is 3.84. The second-order valence-electron chi connectivity index (χ2n) is 6.05. The summed E-state index contributed by atoms with van der Waals surface area (Å²) in [5.41, 5.74) is 12.0. The minimum Gasteiger partial charge on any atom is -0.457 e. The second-order valence-corrected chi connectivity index (χ2v) is 6.05. The van der Waals surface area contributed by atoms with E-state index in [1.807, 2.05) is 13.0 Å². The van der Waals surface area contributed by atoms with E-state index in [-0.39, 0.29) is 6.04 Å². The Morgan fingerprint density at radius 3 is 2.33 bits per heavy atom. The highest BCUT2D eigenvalue weighted by molar-refractivity contribution is 5.49. The minimum atomic E-state index is 0.119. The lowest BCUT2D eigenvalue weighted by Crippen LogP contribution is -2.18. The Morgan fingerprint density at radius 1 is 1.00 bits per heavy atom. The molecule has 0 bridgehead atoms. The van der Waals surface area contributed by atoms with Crippen LogP contribution in [0.3, 0.4) is 0 Å². The van der Waals surface area contributed by atoms with Gasteiger partial charge in [0.15, 0.2) is 0 Å². The van der Waals surface area contributed by atoms with Crippen molar-refractivity contribution in [2.75, 3.05) is 0 Å². The Kier molecular flexibility index (Phi) is 4.69. The van der Waals surface area contributed by atoms with Crippen molar-refractivity contribution in [3.8, 4) is 11.5 Å². The SMILES string of the molecule is Cc1ccc(Oc2c(C)ccc(C)c2C)c(CC(C)N)c1. The summed E-state index contributed by atoms with van der Waals surface area (Å²) >= 11 is 0. The van der Waals surface area contributed by atoms with Crippen molar-refractivity contribution in [2.24, 2.45) is 5.73 Å². The maximum Gasteiger partial charge on any atom is 0.133 e. The van der Waals surface area contributed by atoms with E-state index in [2.05, 4.69) is 52.0 Å². The van der Waals surface area contributed by atoms with Crippen molar-refractivity contribution < 1.29 is 4.74 Å². The van der Waals surface area contributed by atoms with Gasteiger partial charge in [-0.05, 0) is 69.4 Å². The zero-order chi connectivity index (χ0) is 15.6. The molecule has 21 heavy (non-hydrogen) atoms. The van der Waals surface area contributed by atoms with Crippen molar-refractivity contribution in [3.05, 3.63) is 58.1 Å². The highest BCUT2D eigenvalue weighted by atomic mass is 16.5. The fraction of sp³-hybridized carbons (Fsp3) is 0.368. The smallest absolute Gasteiger partial charge is 0.133 e. The molecule has 0 spiro atoms. The number of hydrogen-bond acceptors (Lipinski definition) is 2. The third kappa shape index (κ3) is 3.64. The Morgan fingerprint density at radius 2 is 1.67 bits per heavy atom. The average molecular weight is 283 g/mol. The average Bonchev–Trinajstić information content (AvgIpc) is 2.41. The van der Waals surface area contributed by atoms with E-state index >= 15 is 0 Å². The maximum atomic E-state index is 6.25. The lowest BCUT2D eigenvalue weighted by atomic mass is 10.0. The standard InChI is InChI=1S/C19H25NO/c1-12-6-9-18(17(10-12)11-15(4)20)21-19-14(3)8-7-13(2)16(19)5/h6-10,15H,11,20H2,1-5H3. The lowest BCUT2D eigenvalue weighted by Gasteiger charge is -2.17. The molecule has 0 amide bonds. The number of ether oxygens (including phenoxy) is 1. The van der Waals surface area contributed by atoms with Gasteiger partial charge in [-0.1, -0.05) is 29.8 Å². The molecule has 2 nitrogen and oxygen atoms in total. The molecular weight excluding hydrogens is 258 g/mol. The monoisotopic (exact) mass is 283 g/mol. The zero-order valence-corrected chi connectivity index (χ0v) is 13.7. The van der Waals surface area contributed by atoms with Gasteiger partial charge in [-0.15, -0.1) is 0 Å². The molecule has 0 aromatic heterocycles. The molecule has 0 aliphatic carbocycles. The van der Waals surface area contributed by atoms with Crippen LogP contribution < -0.4 is 10.5 Å². The van der Waals surface area contributed by atoms with Crippen LogP contribution in [-0.4, -0.2) is 6.04 Å². The molecule has 0 fully saturated rings. The van der Waals surface area contributed by atoms with Gasteiger partial charge in [0.05, 0.1) is 0 Å². The quantitative estimate of drug-likeness (QED) is 0.889. The normalized spacial score (nSPS) is 12.3. The summed E-state index contributed by atoms with van der Waals surface area (Å²) in [4.78, 5) is 0. The highest BCUT2D eigenvalue weighted by Gasteiger charge is 2.12. The predicted octanol–water partition coefficient (Wildman–Crippen LogP) is 4.60. The van der Waals surface area contributed by atoms with E-state index in [4.69, 9.17) is 10.5 Å². The molecule has 0 aliphatic heterocycles. The van der Waals surface area contributed by atoms with Crippen LogP contribution in [0.5, 0.6) is 11.5 Å². The van der Waals surface area contributed by atoms with Crippen LogP contribution >= 0.6 is 0 Å². The van der Waals surface area contributed by atoms with E-state index in [9.17, 15) is 0 Å². The van der Waals surface area contributed by atoms with E-state index in [1.54, 1.807) is 0 Å². The van der Waals surface area contributed by atoms with Crippen LogP contribution in [0.4, 0.5) is 0 Å². The molecule has 2 aromatic rings. The lowest BCUT2D eigenvalue weighted by molar-refractivity contribution is 0.466. The molecule has 2 aromatic carbocycles. The van der Waals surface area contributed by atoms with Gasteiger partial charge in [0.2, 0.25) is 0 Å². The Bertz CT molecular complexity index is 644. The van der Waals surface area contributed by atoms with E-state index < -0.39 is 0 Å². The van der Waals surface area contributed by atoms with Gasteiger partial charge in [0.25, 0.3) is 0 Å². The van der Waals surface area contributed by atoms with Crippen LogP contribution in [0.25, 0.3) is 0 Å². The first-order valence-corrected chi connectivity index (χ1v) is 7.48. The molecule has 0 radical (unpaired) electrons. The maximum absolute atomic E-state index is 6.25. The number of aryl methyl sites for hydroxylation is 3. The fourth-order valence-electron chi connectivity index (χ4n) is 2.51. The third-order valence-corrected chi connectivity index (χ3v) is 3.84. The van der Waals surface area contributed by atoms with Gasteiger partial charge in [-0.3, -0.25) is 0 Å². The summed E-state index contributed by atoms with van der Waals surface area (Å²) in [6.45, 7) is 10.4. The highest BCUT2D eigenvalue weighted by Crippen LogP contribution is 2.33. The number of benzene rings is 2. The van der Waals surface area contributed by atoms with Gasteiger partial charge in [-0.2, -0.15) is 0 Å². The Balaban J connectivity index is 2.42. The Labute approximate surface area is 127 Å². The van der Waals surface area contributed by atoms with Crippen LogP contribution in [0.2, 0.25) is 0 Å². The van der Waals surface area contributed by atoms with Gasteiger partial charge >= 0.3 is 0 Å². The summed E-state index contributed by atoms with van der Waals surface area (Å²) in [6.07, 6.45) is 0.820. The van der Waals surface area contributed by atoms with Gasteiger partial charge in [0.1, 0.15) is 11.5 Å². The molecule has 0 saturated carbocycles. The minimum absolute atomic E-state index is 0.119. The topological polar surface area (TPSA) is 35.2 Å². The first kappa shape index (κ1) is 15.6. The second kappa shape index (κ2) is 6.31. The van der Waals surface area contributed by atoms with Crippen molar-refractivity contribution in [3.63, 3.8) is 0 Å². The van der Waals surface area contributed by atoms with E-state index in [0.29, 0.717) is 0 Å². The van der Waals surface area contributed by atoms with E-state index in [1.165, 1.54) is 22.3 Å². The number of rotatable bonds is 4. The summed E-state index contributed by atoms with van der Waals surface area (Å²) in [6, 6.07) is 10.7. The molecule has 1 atom stereocenters. The summed E-state index contributed by atoms with van der Waals surface area (Å²) in [5.74, 6) is 1.87. The molecule has 2 N–H and O–H groups in total. The molecule has 2 rings (SSSR count). The first-order valence-electron chi connectivity index (χ1n) is 7.48. The van der Waals surface area contributed by atoms with Crippen molar-refractivity contribution in [2.45, 2.75) is 47.1 Å². The van der Waals surface area contributed by atoms with Crippen molar-refractivity contribution in [1.29, 1.82) is 0 Å². The molecule has 0 saturated heterocycles. The first-order chi connectivity index (χ1) is 9.88. The summed E-state index contributed by atoms with van der Waals surface area (Å²) < 4.78 is 6.25. The zero-order valence-electron chi connectivity index (χ0n) is 13.7. The number of nitrogens with two attached hydrogens (primary N) is 1. The molecule has 112 valence electrons. The summed E-state index contributed by atoms with van der Waals surface area (Å²) in [5, 5.41) is 0. The van der Waals surface area contributed by atoms with Gasteiger partial charge < -0.3 is 10.5 Å². The fourth-order valence-corrected chi connectivity index (χ4v) is 2.51. The molecule has 2 heteroatoms. The predicted molar refractivity (Wildman–Crippen MR) is 89.3 cm³/mol. The number of hydrogen-bond donors (Lipinski definition) is 1. The van der Waals surface area contributed by atoms with Gasteiger partial charge in [0, 0.05) is 6.04 Å². The van der Waals surface area contributed by atoms with Crippen LogP contribution in [0.15, 0.2) is 30.3 Å².